The number of H-pyrrole nitrogens is 1. The van der Waals surface area contributed by atoms with Gasteiger partial charge in [0.15, 0.2) is 11.3 Å². The second-order valence-electron chi connectivity index (χ2n) is 6.38. The van der Waals surface area contributed by atoms with E-state index in [2.05, 4.69) is 34.5 Å². The summed E-state index contributed by atoms with van der Waals surface area (Å²) in [7, 11) is 0. The van der Waals surface area contributed by atoms with E-state index in [0.29, 0.717) is 23.9 Å². The number of hydrogen-bond acceptors (Lipinski definition) is 7. The van der Waals surface area contributed by atoms with Gasteiger partial charge in [0.2, 0.25) is 5.82 Å². The van der Waals surface area contributed by atoms with Gasteiger partial charge in [0.05, 0.1) is 6.61 Å². The van der Waals surface area contributed by atoms with Crippen LogP contribution in [0.2, 0.25) is 0 Å². The zero-order valence-electron chi connectivity index (χ0n) is 14.9. The molecule has 0 atom stereocenters. The number of nitrogens with zero attached hydrogens (tertiary/aromatic N) is 3. The van der Waals surface area contributed by atoms with Crippen molar-refractivity contribution >= 4 is 11.0 Å². The Bertz CT molecular complexity index is 890. The van der Waals surface area contributed by atoms with E-state index in [0.717, 1.165) is 31.4 Å². The second kappa shape index (κ2) is 8.57. The van der Waals surface area contributed by atoms with Gasteiger partial charge in [-0.05, 0) is 36.1 Å². The lowest BCUT2D eigenvalue weighted by Crippen LogP contribution is -2.06. The first-order valence-electron chi connectivity index (χ1n) is 8.66. The van der Waals surface area contributed by atoms with Crippen molar-refractivity contribution in [3.05, 3.63) is 34.7 Å². The van der Waals surface area contributed by atoms with Gasteiger partial charge in [-0.15, -0.1) is 10.2 Å². The summed E-state index contributed by atoms with van der Waals surface area (Å²) < 4.78 is 16.8. The number of unbranched alkanes of at least 4 members (excludes halogenated alkanes) is 1. The molecule has 3 aromatic rings. The van der Waals surface area contributed by atoms with Crippen LogP contribution in [0.5, 0.6) is 5.75 Å². The smallest absolute Gasteiger partial charge is 0.347 e. The third kappa shape index (κ3) is 4.45. The van der Waals surface area contributed by atoms with Gasteiger partial charge >= 0.3 is 5.63 Å². The standard InChI is InChI=1S/C18H22N4O4/c1-12(2)11-24-8-3-4-9-25-15-7-5-6-13-10-14(17-19-21-22-20-17)18(23)26-16(13)15/h5-7,10,12H,3-4,8-9,11H2,1-2H3,(H,19,20,21,22). The molecule has 0 amide bonds. The Morgan fingerprint density at radius 2 is 2.08 bits per heavy atom. The van der Waals surface area contributed by atoms with Gasteiger partial charge in [0.25, 0.3) is 0 Å². The Balaban J connectivity index is 1.64. The van der Waals surface area contributed by atoms with Crippen LogP contribution in [0, 0.1) is 5.92 Å². The van der Waals surface area contributed by atoms with Crippen molar-refractivity contribution in [2.24, 2.45) is 5.92 Å². The van der Waals surface area contributed by atoms with Crippen LogP contribution < -0.4 is 10.4 Å². The minimum absolute atomic E-state index is 0.202. The predicted molar refractivity (Wildman–Crippen MR) is 96.0 cm³/mol. The molecule has 0 unspecified atom stereocenters. The summed E-state index contributed by atoms with van der Waals surface area (Å²) in [5, 5.41) is 14.2. The average Bonchev–Trinajstić information content (AvgIpc) is 3.15. The minimum Gasteiger partial charge on any atom is -0.490 e. The molecule has 26 heavy (non-hydrogen) atoms. The van der Waals surface area contributed by atoms with Crippen molar-refractivity contribution in [2.45, 2.75) is 26.7 Å². The van der Waals surface area contributed by atoms with Gasteiger partial charge in [0.1, 0.15) is 5.56 Å². The largest absolute Gasteiger partial charge is 0.490 e. The van der Waals surface area contributed by atoms with Crippen LogP contribution in [0.1, 0.15) is 26.7 Å². The Labute approximate surface area is 150 Å². The lowest BCUT2D eigenvalue weighted by Gasteiger charge is -2.09. The molecule has 1 N–H and O–H groups in total. The highest BCUT2D eigenvalue weighted by molar-refractivity contribution is 5.85. The van der Waals surface area contributed by atoms with Crippen LogP contribution in [-0.4, -0.2) is 40.4 Å². The van der Waals surface area contributed by atoms with Crippen molar-refractivity contribution in [1.82, 2.24) is 20.6 Å². The number of aromatic amines is 1. The number of ether oxygens (including phenoxy) is 2. The SMILES string of the molecule is CC(C)COCCCCOc1cccc2cc(-c3nn[nH]n3)c(=O)oc12. The number of fused-ring (bicyclic) bond motifs is 1. The number of tetrazole rings is 1. The first kappa shape index (κ1) is 18.1. The molecule has 0 bridgehead atoms. The maximum absolute atomic E-state index is 12.2. The van der Waals surface area contributed by atoms with Gasteiger partial charge < -0.3 is 13.9 Å². The van der Waals surface area contributed by atoms with Gasteiger partial charge in [0, 0.05) is 18.6 Å². The van der Waals surface area contributed by atoms with E-state index < -0.39 is 5.63 Å². The molecule has 0 aliphatic rings. The molecular formula is C18H22N4O4. The number of aromatic nitrogens is 4. The van der Waals surface area contributed by atoms with E-state index in [4.69, 9.17) is 13.9 Å². The number of benzene rings is 1. The molecule has 2 heterocycles. The first-order valence-corrected chi connectivity index (χ1v) is 8.66. The van der Waals surface area contributed by atoms with E-state index in [1.165, 1.54) is 0 Å². The molecule has 138 valence electrons. The second-order valence-corrected chi connectivity index (χ2v) is 6.38. The van der Waals surface area contributed by atoms with Crippen LogP contribution in [0.15, 0.2) is 33.5 Å². The Kier molecular flexibility index (Phi) is 5.96. The molecule has 0 spiro atoms. The van der Waals surface area contributed by atoms with E-state index in [1.54, 1.807) is 12.1 Å². The fourth-order valence-electron chi connectivity index (χ4n) is 2.47. The highest BCUT2D eigenvalue weighted by atomic mass is 16.5. The normalized spacial score (nSPS) is 11.3. The molecule has 0 saturated carbocycles. The highest BCUT2D eigenvalue weighted by Gasteiger charge is 2.14. The molecular weight excluding hydrogens is 336 g/mol. The number of para-hydroxylation sites is 1. The molecule has 0 radical (unpaired) electrons. The lowest BCUT2D eigenvalue weighted by molar-refractivity contribution is 0.104. The Morgan fingerprint density at radius 3 is 2.85 bits per heavy atom. The monoisotopic (exact) mass is 358 g/mol. The lowest BCUT2D eigenvalue weighted by atomic mass is 10.1. The van der Waals surface area contributed by atoms with E-state index in [9.17, 15) is 4.79 Å². The Morgan fingerprint density at radius 1 is 1.23 bits per heavy atom. The van der Waals surface area contributed by atoms with Crippen molar-refractivity contribution < 1.29 is 13.9 Å². The summed E-state index contributed by atoms with van der Waals surface area (Å²) in [5.41, 5.74) is 0.142. The van der Waals surface area contributed by atoms with Crippen LogP contribution in [0.4, 0.5) is 0 Å². The predicted octanol–water partition coefficient (Wildman–Crippen LogP) is 2.80. The maximum atomic E-state index is 12.2. The molecule has 0 aliphatic heterocycles. The molecule has 8 nitrogen and oxygen atoms in total. The van der Waals surface area contributed by atoms with Crippen molar-refractivity contribution in [1.29, 1.82) is 0 Å². The Hall–Kier alpha value is -2.74. The van der Waals surface area contributed by atoms with Crippen LogP contribution >= 0.6 is 0 Å². The highest BCUT2D eigenvalue weighted by Crippen LogP contribution is 2.26. The molecule has 0 aliphatic carbocycles. The summed E-state index contributed by atoms with van der Waals surface area (Å²) in [6.07, 6.45) is 1.78. The van der Waals surface area contributed by atoms with E-state index >= 15 is 0 Å². The van der Waals surface area contributed by atoms with Crippen LogP contribution in [-0.2, 0) is 4.74 Å². The summed E-state index contributed by atoms with van der Waals surface area (Å²) in [6.45, 7) is 6.28. The quantitative estimate of drug-likeness (QED) is 0.463. The number of hydrogen-bond donors (Lipinski definition) is 1. The third-order valence-electron chi connectivity index (χ3n) is 3.70. The zero-order valence-corrected chi connectivity index (χ0v) is 14.9. The fraction of sp³-hybridized carbons (Fsp3) is 0.444. The number of nitrogens with one attached hydrogen (secondary N) is 1. The molecule has 3 rings (SSSR count). The summed E-state index contributed by atoms with van der Waals surface area (Å²) in [6, 6.07) is 7.16. The van der Waals surface area contributed by atoms with Gasteiger partial charge in [-0.25, -0.2) is 4.79 Å². The third-order valence-corrected chi connectivity index (χ3v) is 3.70. The molecule has 0 saturated heterocycles. The van der Waals surface area contributed by atoms with Crippen LogP contribution in [0.25, 0.3) is 22.4 Å². The minimum atomic E-state index is -0.531. The maximum Gasteiger partial charge on any atom is 0.347 e. The van der Waals surface area contributed by atoms with Crippen molar-refractivity contribution in [3.8, 4) is 17.1 Å². The van der Waals surface area contributed by atoms with E-state index in [-0.39, 0.29) is 11.4 Å². The summed E-state index contributed by atoms with van der Waals surface area (Å²) in [5.74, 6) is 1.29. The molecule has 8 heteroatoms. The molecule has 2 aromatic heterocycles. The topological polar surface area (TPSA) is 103 Å². The number of rotatable bonds is 9. The van der Waals surface area contributed by atoms with E-state index in [1.807, 2.05) is 12.1 Å². The van der Waals surface area contributed by atoms with Crippen molar-refractivity contribution in [3.63, 3.8) is 0 Å². The summed E-state index contributed by atoms with van der Waals surface area (Å²) in [4.78, 5) is 12.2. The van der Waals surface area contributed by atoms with Gasteiger partial charge in [-0.1, -0.05) is 26.0 Å². The summed E-state index contributed by atoms with van der Waals surface area (Å²) >= 11 is 0. The van der Waals surface area contributed by atoms with Crippen molar-refractivity contribution in [2.75, 3.05) is 19.8 Å². The molecule has 1 aromatic carbocycles. The molecule has 0 fully saturated rings. The van der Waals surface area contributed by atoms with Gasteiger partial charge in [-0.3, -0.25) is 0 Å². The van der Waals surface area contributed by atoms with Gasteiger partial charge in [-0.2, -0.15) is 5.21 Å². The fourth-order valence-corrected chi connectivity index (χ4v) is 2.47. The first-order chi connectivity index (χ1) is 12.6. The van der Waals surface area contributed by atoms with Crippen LogP contribution in [0.3, 0.4) is 0 Å². The average molecular weight is 358 g/mol. The zero-order chi connectivity index (χ0) is 18.4.